The van der Waals surface area contributed by atoms with E-state index in [-0.39, 0.29) is 28.5 Å². The van der Waals surface area contributed by atoms with Crippen LogP contribution in [0.5, 0.6) is 0 Å². The summed E-state index contributed by atoms with van der Waals surface area (Å²) in [7, 11) is 0. The molecule has 0 aromatic carbocycles. The number of nitrogens with one attached hydrogen (secondary N) is 1. The third-order valence-electron chi connectivity index (χ3n) is 9.15. The van der Waals surface area contributed by atoms with E-state index in [1.165, 1.54) is 44.1 Å². The molecule has 2 saturated heterocycles. The number of alkyl halides is 3. The smallest absolute Gasteiger partial charge is 0.356 e. The van der Waals surface area contributed by atoms with Crippen LogP contribution < -0.4 is 10.2 Å². The Balaban J connectivity index is 1.22. The molecule has 0 spiro atoms. The quantitative estimate of drug-likeness (QED) is 0.588. The van der Waals surface area contributed by atoms with Gasteiger partial charge in [-0.25, -0.2) is 15.0 Å². The van der Waals surface area contributed by atoms with Gasteiger partial charge >= 0.3 is 6.18 Å². The van der Waals surface area contributed by atoms with E-state index in [9.17, 15) is 18.0 Å². The Labute approximate surface area is 221 Å². The fourth-order valence-corrected chi connectivity index (χ4v) is 6.60. The number of halogens is 3. The molecule has 8 nitrogen and oxygen atoms in total. The topological polar surface area (TPSA) is 79.2 Å². The highest BCUT2D eigenvalue weighted by Crippen LogP contribution is 2.47. The van der Waals surface area contributed by atoms with E-state index in [0.717, 1.165) is 44.8 Å². The molecule has 1 amide bonds. The number of aromatic nitrogens is 4. The monoisotopic (exact) mass is 531 g/mol. The summed E-state index contributed by atoms with van der Waals surface area (Å²) in [5.41, 5.74) is 1.34. The van der Waals surface area contributed by atoms with Gasteiger partial charge in [0.2, 0.25) is 5.91 Å². The van der Waals surface area contributed by atoms with Crippen molar-refractivity contribution in [2.24, 2.45) is 0 Å². The Morgan fingerprint density at radius 2 is 1.79 bits per heavy atom. The predicted octanol–water partition coefficient (Wildman–Crippen LogP) is 4.58. The zero-order chi connectivity index (χ0) is 26.5. The number of nitrogens with zero attached hydrogens (tertiary/aromatic N) is 6. The van der Waals surface area contributed by atoms with Crippen molar-refractivity contribution in [2.75, 3.05) is 42.9 Å². The molecule has 38 heavy (non-hydrogen) atoms. The minimum atomic E-state index is -4.54. The second-order valence-corrected chi connectivity index (χ2v) is 11.7. The van der Waals surface area contributed by atoms with Crippen molar-refractivity contribution in [2.45, 2.75) is 88.3 Å². The lowest BCUT2D eigenvalue weighted by molar-refractivity contribution is -0.156. The van der Waals surface area contributed by atoms with Gasteiger partial charge in [-0.1, -0.05) is 13.3 Å². The zero-order valence-corrected chi connectivity index (χ0v) is 21.9. The zero-order valence-electron chi connectivity index (χ0n) is 21.9. The van der Waals surface area contributed by atoms with E-state index in [1.54, 1.807) is 0 Å². The SMILES string of the molecule is CC1(c2cn(CCN3CCCC3)c(C3CCN(c4ncnc5c4[C@H](C(F)(F)F)CC(=O)N5)CC3)n2)CCC1. The summed E-state index contributed by atoms with van der Waals surface area (Å²) in [5, 5.41) is 2.51. The Morgan fingerprint density at radius 3 is 2.45 bits per heavy atom. The second kappa shape index (κ2) is 9.81. The summed E-state index contributed by atoms with van der Waals surface area (Å²) < 4.78 is 44.1. The van der Waals surface area contributed by atoms with E-state index in [0.29, 0.717) is 13.1 Å². The van der Waals surface area contributed by atoms with Crippen LogP contribution in [-0.4, -0.2) is 69.2 Å². The number of hydrogen-bond donors (Lipinski definition) is 1. The summed E-state index contributed by atoms with van der Waals surface area (Å²) >= 11 is 0. The van der Waals surface area contributed by atoms with Crippen molar-refractivity contribution in [3.8, 4) is 0 Å². The highest BCUT2D eigenvalue weighted by molar-refractivity contribution is 5.94. The van der Waals surface area contributed by atoms with Gasteiger partial charge in [0.25, 0.3) is 0 Å². The maximum Gasteiger partial charge on any atom is 0.396 e. The van der Waals surface area contributed by atoms with Gasteiger partial charge in [-0.05, 0) is 51.6 Å². The Kier molecular flexibility index (Phi) is 6.60. The minimum absolute atomic E-state index is 0.00893. The summed E-state index contributed by atoms with van der Waals surface area (Å²) in [5.74, 6) is -0.923. The molecule has 2 aromatic rings. The van der Waals surface area contributed by atoms with Gasteiger partial charge in [0.05, 0.1) is 17.2 Å². The van der Waals surface area contributed by atoms with Gasteiger partial charge in [-0.3, -0.25) is 4.79 Å². The van der Waals surface area contributed by atoms with E-state index >= 15 is 0 Å². The Bertz CT molecular complexity index is 1180. The first kappa shape index (κ1) is 25.6. The van der Waals surface area contributed by atoms with Crippen molar-refractivity contribution in [1.29, 1.82) is 0 Å². The molecule has 0 radical (unpaired) electrons. The molecule has 1 atom stereocenters. The molecular weight excluding hydrogens is 495 g/mol. The van der Waals surface area contributed by atoms with Crippen molar-refractivity contribution in [3.63, 3.8) is 0 Å². The molecule has 3 aliphatic heterocycles. The first-order chi connectivity index (χ1) is 18.2. The van der Waals surface area contributed by atoms with Crippen LogP contribution in [0.2, 0.25) is 0 Å². The fourth-order valence-electron chi connectivity index (χ4n) is 6.60. The molecule has 1 N–H and O–H groups in total. The normalized spacial score (nSPS) is 24.3. The minimum Gasteiger partial charge on any atom is -0.356 e. The first-order valence-corrected chi connectivity index (χ1v) is 14.0. The number of piperidine rings is 1. The number of likely N-dealkylation sites (tertiary alicyclic amines) is 1. The molecule has 1 saturated carbocycles. The van der Waals surface area contributed by atoms with E-state index in [2.05, 4.69) is 37.9 Å². The second-order valence-electron chi connectivity index (χ2n) is 11.7. The van der Waals surface area contributed by atoms with Crippen LogP contribution in [0, 0.1) is 0 Å². The lowest BCUT2D eigenvalue weighted by Crippen LogP contribution is -2.38. The summed E-state index contributed by atoms with van der Waals surface area (Å²) in [6.45, 7) is 7.74. The summed E-state index contributed by atoms with van der Waals surface area (Å²) in [4.78, 5) is 29.8. The largest absolute Gasteiger partial charge is 0.396 e. The van der Waals surface area contributed by atoms with Crippen molar-refractivity contribution >= 4 is 17.5 Å². The van der Waals surface area contributed by atoms with Crippen LogP contribution in [0.25, 0.3) is 0 Å². The third-order valence-corrected chi connectivity index (χ3v) is 9.15. The average molecular weight is 532 g/mol. The van der Waals surface area contributed by atoms with Gasteiger partial charge in [-0.15, -0.1) is 0 Å². The van der Waals surface area contributed by atoms with E-state index in [1.807, 2.05) is 4.90 Å². The molecule has 3 fully saturated rings. The van der Waals surface area contributed by atoms with Crippen LogP contribution in [0.1, 0.15) is 87.2 Å². The molecule has 4 aliphatic rings. The summed E-state index contributed by atoms with van der Waals surface area (Å²) in [6.07, 6.45) is 6.04. The number of amides is 1. The fraction of sp³-hybridized carbons (Fsp3) is 0.704. The maximum atomic E-state index is 13.9. The molecule has 2 aromatic heterocycles. The Morgan fingerprint density at radius 1 is 1.05 bits per heavy atom. The number of carbonyl (C=O) groups excluding carboxylic acids is 1. The summed E-state index contributed by atoms with van der Waals surface area (Å²) in [6, 6.07) is 0. The number of fused-ring (bicyclic) bond motifs is 1. The molecule has 6 rings (SSSR count). The average Bonchev–Trinajstić information content (AvgIpc) is 3.55. The molecule has 11 heteroatoms. The van der Waals surface area contributed by atoms with E-state index < -0.39 is 24.4 Å². The molecular formula is C27H36F3N7O. The number of rotatable bonds is 6. The lowest BCUT2D eigenvalue weighted by Gasteiger charge is -2.37. The van der Waals surface area contributed by atoms with Gasteiger partial charge in [0.1, 0.15) is 23.8 Å². The predicted molar refractivity (Wildman–Crippen MR) is 137 cm³/mol. The van der Waals surface area contributed by atoms with Gasteiger partial charge in [0.15, 0.2) is 0 Å². The van der Waals surface area contributed by atoms with Crippen LogP contribution in [0.3, 0.4) is 0 Å². The number of carbonyl (C=O) groups is 1. The maximum absolute atomic E-state index is 13.9. The molecule has 1 aliphatic carbocycles. The van der Waals surface area contributed by atoms with Gasteiger partial charge < -0.3 is 19.7 Å². The highest BCUT2D eigenvalue weighted by Gasteiger charge is 2.48. The standard InChI is InChI=1S/C27H36F3N7O/c1-26(7-4-8-26)20-16-37(14-13-35-9-2-3-10-35)24(33-20)18-5-11-36(12-6-18)25-22-19(27(28,29)30)15-21(38)34-23(22)31-17-32-25/h16-19H,2-15H2,1H3,(H,31,32,34,38)/t19-/m1/s1. The molecule has 0 unspecified atom stereocenters. The third kappa shape index (κ3) is 4.78. The number of hydrogen-bond acceptors (Lipinski definition) is 6. The van der Waals surface area contributed by atoms with Crippen molar-refractivity contribution < 1.29 is 18.0 Å². The van der Waals surface area contributed by atoms with Crippen molar-refractivity contribution in [3.05, 3.63) is 29.6 Å². The Hall–Kier alpha value is -2.69. The first-order valence-electron chi connectivity index (χ1n) is 14.0. The van der Waals surface area contributed by atoms with E-state index in [4.69, 9.17) is 4.98 Å². The lowest BCUT2D eigenvalue weighted by atomic mass is 9.68. The van der Waals surface area contributed by atoms with Crippen LogP contribution in [0.4, 0.5) is 24.8 Å². The van der Waals surface area contributed by atoms with Gasteiger partial charge in [0, 0.05) is 50.1 Å². The van der Waals surface area contributed by atoms with Gasteiger partial charge in [-0.2, -0.15) is 13.2 Å². The molecule has 206 valence electrons. The number of imidazole rings is 1. The van der Waals surface area contributed by atoms with Crippen LogP contribution in [0.15, 0.2) is 12.5 Å². The van der Waals surface area contributed by atoms with Crippen molar-refractivity contribution in [1.82, 2.24) is 24.4 Å². The highest BCUT2D eigenvalue weighted by atomic mass is 19.4. The molecule has 0 bridgehead atoms. The number of anilines is 2. The van der Waals surface area contributed by atoms with Crippen LogP contribution >= 0.6 is 0 Å². The van der Waals surface area contributed by atoms with Crippen LogP contribution in [-0.2, 0) is 16.8 Å². The molecule has 5 heterocycles.